The number of hydrogen-bond donors (Lipinski definition) is 1. The standard InChI is InChI=1S/C30H32ClF2N5O4S/c1-5-42-29(40)30(2,3)10-12-38-15-17-14-16(6-9-20(17)37-38)24-21(28(39)41-4)25(18-7-8-19(32)23(33)22(18)31)36-26(35-24)27-34-11-13-43-27/h7-8,11,13,15-16,25H,5-6,9-10,12,14H2,1-4H3,(H,35,36). The second-order valence-electron chi connectivity index (χ2n) is 11.1. The van der Waals surface area contributed by atoms with Crippen LogP contribution in [0.2, 0.25) is 5.02 Å². The third-order valence-electron chi connectivity index (χ3n) is 7.80. The number of benzene rings is 1. The van der Waals surface area contributed by atoms with Gasteiger partial charge in [-0.05, 0) is 58.1 Å². The summed E-state index contributed by atoms with van der Waals surface area (Å²) in [6, 6.07) is 1.25. The van der Waals surface area contributed by atoms with Crippen molar-refractivity contribution in [3.63, 3.8) is 0 Å². The maximum atomic E-state index is 14.6. The molecule has 1 N–H and O–H groups in total. The number of rotatable bonds is 9. The summed E-state index contributed by atoms with van der Waals surface area (Å²) in [5.41, 5.74) is 2.20. The Balaban J connectivity index is 1.49. The number of nitrogens with zero attached hydrogens (tertiary/aromatic N) is 4. The number of ether oxygens (including phenoxy) is 2. The molecule has 0 bridgehead atoms. The molecule has 0 radical (unpaired) electrons. The molecular weight excluding hydrogens is 600 g/mol. The van der Waals surface area contributed by atoms with Crippen LogP contribution in [0.3, 0.4) is 0 Å². The van der Waals surface area contributed by atoms with Crippen LogP contribution in [0, 0.1) is 23.0 Å². The first-order valence-electron chi connectivity index (χ1n) is 14.0. The van der Waals surface area contributed by atoms with Gasteiger partial charge in [0.05, 0.1) is 35.4 Å². The summed E-state index contributed by atoms with van der Waals surface area (Å²) in [6.45, 7) is 6.37. The van der Waals surface area contributed by atoms with Gasteiger partial charge in [-0.15, -0.1) is 11.3 Å². The van der Waals surface area contributed by atoms with Crippen LogP contribution in [0.15, 0.2) is 46.2 Å². The van der Waals surface area contributed by atoms with Gasteiger partial charge in [-0.1, -0.05) is 17.7 Å². The fraction of sp³-hybridized carbons (Fsp3) is 0.433. The van der Waals surface area contributed by atoms with Crippen molar-refractivity contribution in [3.8, 4) is 0 Å². The minimum absolute atomic E-state index is 0.141. The van der Waals surface area contributed by atoms with Gasteiger partial charge < -0.3 is 14.8 Å². The van der Waals surface area contributed by atoms with Gasteiger partial charge in [-0.3, -0.25) is 14.5 Å². The molecule has 43 heavy (non-hydrogen) atoms. The first kappa shape index (κ1) is 30.8. The highest BCUT2D eigenvalue weighted by Crippen LogP contribution is 2.41. The third-order valence-corrected chi connectivity index (χ3v) is 8.96. The molecule has 0 saturated heterocycles. The third kappa shape index (κ3) is 6.21. The number of methoxy groups -OCH3 is 1. The van der Waals surface area contributed by atoms with Gasteiger partial charge in [0.1, 0.15) is 6.04 Å². The summed E-state index contributed by atoms with van der Waals surface area (Å²) in [6.07, 6.45) is 6.03. The van der Waals surface area contributed by atoms with Gasteiger partial charge in [0.2, 0.25) is 0 Å². The van der Waals surface area contributed by atoms with Crippen LogP contribution in [0.1, 0.15) is 61.5 Å². The number of esters is 2. The molecule has 0 amide bonds. The molecule has 0 spiro atoms. The van der Waals surface area contributed by atoms with Crippen molar-refractivity contribution in [2.45, 2.75) is 59.0 Å². The predicted molar refractivity (Wildman–Crippen MR) is 158 cm³/mol. The number of nitrogens with one attached hydrogen (secondary N) is 1. The van der Waals surface area contributed by atoms with E-state index in [-0.39, 0.29) is 23.0 Å². The first-order valence-corrected chi connectivity index (χ1v) is 15.2. The lowest BCUT2D eigenvalue weighted by Gasteiger charge is -2.32. The molecule has 13 heteroatoms. The van der Waals surface area contributed by atoms with Crippen LogP contribution in [-0.4, -0.2) is 46.3 Å². The Morgan fingerprint density at radius 3 is 2.77 bits per heavy atom. The number of thiazole rings is 1. The Morgan fingerprint density at radius 1 is 1.28 bits per heavy atom. The number of carbonyl (C=O) groups is 2. The molecular formula is C30H32ClF2N5O4S. The molecule has 0 saturated carbocycles. The Labute approximate surface area is 257 Å². The average Bonchev–Trinajstić information content (AvgIpc) is 3.68. The van der Waals surface area contributed by atoms with E-state index in [9.17, 15) is 18.4 Å². The lowest BCUT2D eigenvalue weighted by molar-refractivity contribution is -0.154. The van der Waals surface area contributed by atoms with Crippen molar-refractivity contribution in [3.05, 3.63) is 79.7 Å². The van der Waals surface area contributed by atoms with Crippen LogP contribution in [0.25, 0.3) is 0 Å². The van der Waals surface area contributed by atoms with Crippen molar-refractivity contribution in [2.24, 2.45) is 16.3 Å². The molecule has 2 unspecified atom stereocenters. The number of aliphatic imine (C=N–C) groups is 1. The average molecular weight is 632 g/mol. The monoisotopic (exact) mass is 631 g/mol. The zero-order valence-electron chi connectivity index (χ0n) is 24.2. The molecule has 0 fully saturated rings. The van der Waals surface area contributed by atoms with E-state index in [4.69, 9.17) is 31.2 Å². The zero-order chi connectivity index (χ0) is 30.9. The number of fused-ring (bicyclic) bond motifs is 1. The molecule has 5 rings (SSSR count). The van der Waals surface area contributed by atoms with E-state index in [1.165, 1.54) is 24.5 Å². The van der Waals surface area contributed by atoms with E-state index in [0.29, 0.717) is 55.4 Å². The minimum atomic E-state index is -1.21. The first-order chi connectivity index (χ1) is 20.5. The van der Waals surface area contributed by atoms with E-state index in [1.54, 1.807) is 18.5 Å². The fourth-order valence-corrected chi connectivity index (χ4v) is 6.24. The largest absolute Gasteiger partial charge is 0.466 e. The van der Waals surface area contributed by atoms with Crippen LogP contribution in [0.4, 0.5) is 8.78 Å². The van der Waals surface area contributed by atoms with E-state index in [2.05, 4.69) is 10.3 Å². The number of amidine groups is 1. The van der Waals surface area contributed by atoms with Gasteiger partial charge >= 0.3 is 11.9 Å². The summed E-state index contributed by atoms with van der Waals surface area (Å²) in [5, 5.41) is 10.0. The van der Waals surface area contributed by atoms with Crippen molar-refractivity contribution in [2.75, 3.05) is 13.7 Å². The number of carbonyl (C=O) groups excluding carboxylic acids is 2. The molecule has 3 heterocycles. The van der Waals surface area contributed by atoms with E-state index in [0.717, 1.165) is 17.3 Å². The number of halogens is 3. The predicted octanol–water partition coefficient (Wildman–Crippen LogP) is 5.57. The fourth-order valence-electron chi connectivity index (χ4n) is 5.39. The van der Waals surface area contributed by atoms with E-state index < -0.39 is 34.1 Å². The normalized spacial score (nSPS) is 18.5. The smallest absolute Gasteiger partial charge is 0.338 e. The molecule has 2 aliphatic rings. The summed E-state index contributed by atoms with van der Waals surface area (Å²) >= 11 is 7.64. The number of aryl methyl sites for hydroxylation is 2. The lowest BCUT2D eigenvalue weighted by atomic mass is 9.81. The quantitative estimate of drug-likeness (QED) is 0.243. The van der Waals surface area contributed by atoms with Crippen LogP contribution < -0.4 is 5.32 Å². The molecule has 1 aliphatic carbocycles. The second kappa shape index (κ2) is 12.5. The van der Waals surface area contributed by atoms with Gasteiger partial charge in [-0.2, -0.15) is 5.10 Å². The molecule has 1 aromatic carbocycles. The van der Waals surface area contributed by atoms with Gasteiger partial charge in [0.15, 0.2) is 22.5 Å². The van der Waals surface area contributed by atoms with Crippen LogP contribution >= 0.6 is 22.9 Å². The minimum Gasteiger partial charge on any atom is -0.466 e. The van der Waals surface area contributed by atoms with Crippen molar-refractivity contribution < 1.29 is 27.8 Å². The Bertz CT molecular complexity index is 1600. The summed E-state index contributed by atoms with van der Waals surface area (Å²) in [4.78, 5) is 34.7. The van der Waals surface area contributed by atoms with E-state index >= 15 is 0 Å². The molecule has 3 aromatic rings. The Hall–Kier alpha value is -3.64. The molecule has 228 valence electrons. The lowest BCUT2D eigenvalue weighted by Crippen LogP contribution is -2.38. The van der Waals surface area contributed by atoms with Gasteiger partial charge in [0.25, 0.3) is 0 Å². The van der Waals surface area contributed by atoms with Crippen molar-refractivity contribution in [1.82, 2.24) is 20.1 Å². The highest BCUT2D eigenvalue weighted by atomic mass is 35.5. The highest BCUT2D eigenvalue weighted by Gasteiger charge is 2.38. The summed E-state index contributed by atoms with van der Waals surface area (Å²) in [7, 11) is 1.26. The number of allylic oxidation sites excluding steroid dienone is 1. The van der Waals surface area contributed by atoms with Crippen molar-refractivity contribution in [1.29, 1.82) is 0 Å². The topological polar surface area (TPSA) is 108 Å². The number of aromatic nitrogens is 3. The second-order valence-corrected chi connectivity index (χ2v) is 12.4. The molecule has 9 nitrogen and oxygen atoms in total. The molecule has 1 aliphatic heterocycles. The van der Waals surface area contributed by atoms with Gasteiger partial charge in [-0.25, -0.2) is 18.6 Å². The van der Waals surface area contributed by atoms with Crippen molar-refractivity contribution >= 4 is 40.7 Å². The van der Waals surface area contributed by atoms with Crippen LogP contribution in [0.5, 0.6) is 0 Å². The van der Waals surface area contributed by atoms with Gasteiger partial charge in [0, 0.05) is 41.5 Å². The maximum Gasteiger partial charge on any atom is 0.338 e. The SMILES string of the molecule is CCOC(=O)C(C)(C)CCn1cc2c(n1)CCC(C1=C(C(=O)OC)C(c3ccc(F)c(F)c3Cl)N=C(c3nccs3)N1)C2. The summed E-state index contributed by atoms with van der Waals surface area (Å²) in [5.74, 6) is -2.99. The zero-order valence-corrected chi connectivity index (χ0v) is 25.8. The highest BCUT2D eigenvalue weighted by molar-refractivity contribution is 7.11. The summed E-state index contributed by atoms with van der Waals surface area (Å²) < 4.78 is 40.9. The number of hydrogen-bond acceptors (Lipinski definition) is 9. The Kier molecular flexibility index (Phi) is 8.98. The maximum absolute atomic E-state index is 14.6. The Morgan fingerprint density at radius 2 is 2.07 bits per heavy atom. The van der Waals surface area contributed by atoms with E-state index in [1.807, 2.05) is 24.7 Å². The van der Waals surface area contributed by atoms with Crippen LogP contribution in [-0.2, 0) is 38.4 Å². The molecule has 2 aromatic heterocycles. The molecule has 2 atom stereocenters.